The van der Waals surface area contributed by atoms with E-state index in [4.69, 9.17) is 4.74 Å². The molecule has 0 spiro atoms. The summed E-state index contributed by atoms with van der Waals surface area (Å²) in [6, 6.07) is 6.46. The van der Waals surface area contributed by atoms with Gasteiger partial charge in [0.25, 0.3) is 0 Å². The highest BCUT2D eigenvalue weighted by Gasteiger charge is 2.48. The minimum Gasteiger partial charge on any atom is -0.465 e. The van der Waals surface area contributed by atoms with Crippen LogP contribution in [-0.4, -0.2) is 42.3 Å². The molecule has 7 nitrogen and oxygen atoms in total. The highest BCUT2D eigenvalue weighted by molar-refractivity contribution is 6.07. The second-order valence-corrected chi connectivity index (χ2v) is 6.61. The molecular weight excluding hydrogens is 338 g/mol. The molecule has 1 aliphatic heterocycles. The maximum absolute atomic E-state index is 12.3. The number of amides is 2. The van der Waals surface area contributed by atoms with Crippen molar-refractivity contribution in [3.05, 3.63) is 35.4 Å². The van der Waals surface area contributed by atoms with Crippen LogP contribution in [0.5, 0.6) is 0 Å². The molecule has 2 fully saturated rings. The number of rotatable bonds is 5. The molecular formula is C19H21NO6. The number of methoxy groups -OCH3 is 1. The summed E-state index contributed by atoms with van der Waals surface area (Å²) in [5, 5.41) is 0. The predicted octanol–water partition coefficient (Wildman–Crippen LogP) is 1.69. The van der Waals surface area contributed by atoms with Gasteiger partial charge >= 0.3 is 11.9 Å². The summed E-state index contributed by atoms with van der Waals surface area (Å²) in [6.45, 7) is -0.339. The van der Waals surface area contributed by atoms with E-state index in [1.165, 1.54) is 7.11 Å². The van der Waals surface area contributed by atoms with Crippen molar-refractivity contribution in [1.29, 1.82) is 0 Å². The fourth-order valence-corrected chi connectivity index (χ4v) is 3.58. The number of carbonyl (C=O) groups excluding carboxylic acids is 4. The molecule has 1 aromatic rings. The molecule has 0 aromatic heterocycles. The van der Waals surface area contributed by atoms with E-state index in [0.29, 0.717) is 24.0 Å². The van der Waals surface area contributed by atoms with Crippen LogP contribution in [0.1, 0.15) is 41.6 Å². The van der Waals surface area contributed by atoms with Gasteiger partial charge in [0, 0.05) is 0 Å². The molecule has 1 heterocycles. The van der Waals surface area contributed by atoms with Gasteiger partial charge in [-0.2, -0.15) is 0 Å². The normalized spacial score (nSPS) is 22.1. The number of nitrogens with zero attached hydrogens (tertiary/aromatic N) is 1. The third-order valence-electron chi connectivity index (χ3n) is 4.99. The van der Waals surface area contributed by atoms with Crippen molar-refractivity contribution >= 4 is 23.8 Å². The molecule has 1 saturated heterocycles. The first kappa shape index (κ1) is 18.1. The summed E-state index contributed by atoms with van der Waals surface area (Å²) in [6.07, 6.45) is 3.32. The number of likely N-dealkylation sites (tertiary alicyclic amines) is 1. The third-order valence-corrected chi connectivity index (χ3v) is 4.99. The van der Waals surface area contributed by atoms with E-state index in [2.05, 4.69) is 4.74 Å². The number of imide groups is 1. The van der Waals surface area contributed by atoms with Crippen molar-refractivity contribution in [2.45, 2.75) is 32.3 Å². The molecule has 26 heavy (non-hydrogen) atoms. The first-order valence-corrected chi connectivity index (χ1v) is 8.69. The summed E-state index contributed by atoms with van der Waals surface area (Å²) < 4.78 is 9.78. The smallest absolute Gasteiger partial charge is 0.337 e. The molecule has 0 N–H and O–H groups in total. The predicted molar refractivity (Wildman–Crippen MR) is 89.7 cm³/mol. The second kappa shape index (κ2) is 7.68. The van der Waals surface area contributed by atoms with Crippen molar-refractivity contribution in [1.82, 2.24) is 4.90 Å². The highest BCUT2D eigenvalue weighted by Crippen LogP contribution is 2.37. The number of benzene rings is 1. The van der Waals surface area contributed by atoms with Crippen molar-refractivity contribution < 1.29 is 28.7 Å². The monoisotopic (exact) mass is 359 g/mol. The van der Waals surface area contributed by atoms with Gasteiger partial charge in [-0.3, -0.25) is 19.3 Å². The Labute approximate surface area is 151 Å². The lowest BCUT2D eigenvalue weighted by Gasteiger charge is -2.19. The number of carbonyl (C=O) groups is 4. The lowest BCUT2D eigenvalue weighted by atomic mass is 9.81. The Morgan fingerprint density at radius 1 is 1.04 bits per heavy atom. The van der Waals surface area contributed by atoms with Crippen LogP contribution < -0.4 is 0 Å². The Morgan fingerprint density at radius 3 is 2.15 bits per heavy atom. The largest absolute Gasteiger partial charge is 0.465 e. The van der Waals surface area contributed by atoms with Crippen molar-refractivity contribution in [2.75, 3.05) is 13.7 Å². The second-order valence-electron chi connectivity index (χ2n) is 6.61. The SMILES string of the molecule is COC(=O)c1ccc(COC(=O)CN2C(=O)[C@H]3CCCC[C@H]3C2=O)cc1. The highest BCUT2D eigenvalue weighted by atomic mass is 16.5. The summed E-state index contributed by atoms with van der Waals surface area (Å²) in [7, 11) is 1.30. The Bertz CT molecular complexity index is 702. The standard InChI is InChI=1S/C19H21NO6/c1-25-19(24)13-8-6-12(7-9-13)11-26-16(21)10-20-17(22)14-4-2-3-5-15(14)18(20)23/h6-9,14-15H,2-5,10-11H2,1H3/t14-,15+. The molecule has 1 aromatic carbocycles. The summed E-state index contributed by atoms with van der Waals surface area (Å²) in [5.41, 5.74) is 1.09. The first-order chi connectivity index (χ1) is 12.5. The van der Waals surface area contributed by atoms with Crippen molar-refractivity contribution in [3.8, 4) is 0 Å². The average molecular weight is 359 g/mol. The fraction of sp³-hybridized carbons (Fsp3) is 0.474. The molecule has 1 aliphatic carbocycles. The zero-order valence-corrected chi connectivity index (χ0v) is 14.6. The van der Waals surface area contributed by atoms with Crippen LogP contribution in [0, 0.1) is 11.8 Å². The number of fused-ring (bicyclic) bond motifs is 1. The van der Waals surface area contributed by atoms with Gasteiger partial charge in [-0.25, -0.2) is 4.79 Å². The molecule has 7 heteroatoms. The van der Waals surface area contributed by atoms with Crippen LogP contribution in [0.2, 0.25) is 0 Å². The van der Waals surface area contributed by atoms with Crippen molar-refractivity contribution in [3.63, 3.8) is 0 Å². The van der Waals surface area contributed by atoms with Crippen LogP contribution in [0.3, 0.4) is 0 Å². The van der Waals surface area contributed by atoms with E-state index in [-0.39, 0.29) is 36.8 Å². The fourth-order valence-electron chi connectivity index (χ4n) is 3.58. The first-order valence-electron chi connectivity index (χ1n) is 8.69. The van der Waals surface area contributed by atoms with Gasteiger partial charge in [0.15, 0.2) is 0 Å². The molecule has 0 radical (unpaired) electrons. The van der Waals surface area contributed by atoms with E-state index in [1.807, 2.05) is 0 Å². The Kier molecular flexibility index (Phi) is 5.35. The van der Waals surface area contributed by atoms with Crippen molar-refractivity contribution in [2.24, 2.45) is 11.8 Å². The van der Waals surface area contributed by atoms with Gasteiger partial charge in [0.05, 0.1) is 24.5 Å². The number of esters is 2. The number of hydrogen-bond acceptors (Lipinski definition) is 6. The molecule has 2 atom stereocenters. The zero-order chi connectivity index (χ0) is 18.7. The molecule has 0 unspecified atom stereocenters. The molecule has 2 aliphatic rings. The lowest BCUT2D eigenvalue weighted by Crippen LogP contribution is -2.36. The van der Waals surface area contributed by atoms with E-state index in [0.717, 1.165) is 17.7 Å². The lowest BCUT2D eigenvalue weighted by molar-refractivity contribution is -0.153. The number of ether oxygens (including phenoxy) is 2. The maximum Gasteiger partial charge on any atom is 0.337 e. The minimum absolute atomic E-state index is 0.00334. The van der Waals surface area contributed by atoms with Crippen LogP contribution in [0.25, 0.3) is 0 Å². The van der Waals surface area contributed by atoms with Gasteiger partial charge in [-0.05, 0) is 30.5 Å². The Hall–Kier alpha value is -2.70. The minimum atomic E-state index is -0.623. The topological polar surface area (TPSA) is 90.0 Å². The summed E-state index contributed by atoms with van der Waals surface area (Å²) in [4.78, 5) is 49.2. The van der Waals surface area contributed by atoms with Gasteiger partial charge < -0.3 is 9.47 Å². The van der Waals surface area contributed by atoms with Gasteiger partial charge in [0.1, 0.15) is 13.2 Å². The van der Waals surface area contributed by atoms with E-state index in [1.54, 1.807) is 24.3 Å². The number of hydrogen-bond donors (Lipinski definition) is 0. The maximum atomic E-state index is 12.3. The van der Waals surface area contributed by atoms with E-state index >= 15 is 0 Å². The van der Waals surface area contributed by atoms with Crippen LogP contribution in [-0.2, 0) is 30.5 Å². The zero-order valence-electron chi connectivity index (χ0n) is 14.6. The summed E-state index contributed by atoms with van der Waals surface area (Å²) >= 11 is 0. The van der Waals surface area contributed by atoms with E-state index in [9.17, 15) is 19.2 Å². The average Bonchev–Trinajstić information content (AvgIpc) is 2.91. The Balaban J connectivity index is 1.53. The Morgan fingerprint density at radius 2 is 1.62 bits per heavy atom. The van der Waals surface area contributed by atoms with Gasteiger partial charge in [-0.1, -0.05) is 25.0 Å². The van der Waals surface area contributed by atoms with Crippen LogP contribution in [0.4, 0.5) is 0 Å². The summed E-state index contributed by atoms with van der Waals surface area (Å²) in [5.74, 6) is -2.11. The van der Waals surface area contributed by atoms with Crippen LogP contribution in [0.15, 0.2) is 24.3 Å². The van der Waals surface area contributed by atoms with Gasteiger partial charge in [-0.15, -0.1) is 0 Å². The van der Waals surface area contributed by atoms with E-state index < -0.39 is 11.9 Å². The molecule has 3 rings (SSSR count). The molecule has 138 valence electrons. The molecule has 0 bridgehead atoms. The molecule has 1 saturated carbocycles. The van der Waals surface area contributed by atoms with Crippen LogP contribution >= 0.6 is 0 Å². The third kappa shape index (κ3) is 3.61. The molecule has 2 amide bonds. The quantitative estimate of drug-likeness (QED) is 0.587. The van der Waals surface area contributed by atoms with Gasteiger partial charge in [0.2, 0.25) is 11.8 Å².